The minimum Gasteiger partial charge on any atom is -0.369 e. The van der Waals surface area contributed by atoms with Crippen molar-refractivity contribution in [2.75, 3.05) is 0 Å². The van der Waals surface area contributed by atoms with Gasteiger partial charge in [0, 0.05) is 5.56 Å². The van der Waals surface area contributed by atoms with Crippen LogP contribution in [0.5, 0.6) is 0 Å². The first-order valence-corrected chi connectivity index (χ1v) is 8.13. The van der Waals surface area contributed by atoms with E-state index in [4.69, 9.17) is 5.73 Å². The molecule has 0 bridgehead atoms. The molecule has 0 heterocycles. The zero-order valence-corrected chi connectivity index (χ0v) is 14.1. The molecule has 2 N–H and O–H groups in total. The van der Waals surface area contributed by atoms with E-state index in [1.54, 1.807) is 6.92 Å². The van der Waals surface area contributed by atoms with Crippen LogP contribution in [-0.4, -0.2) is 11.7 Å². The Balaban J connectivity index is 2.21. The zero-order valence-electron chi connectivity index (χ0n) is 14.1. The molecule has 1 fully saturated rings. The summed E-state index contributed by atoms with van der Waals surface area (Å²) >= 11 is 0. The van der Waals surface area contributed by atoms with Gasteiger partial charge in [-0.1, -0.05) is 45.0 Å². The van der Waals surface area contributed by atoms with Gasteiger partial charge in [0.2, 0.25) is 5.91 Å². The van der Waals surface area contributed by atoms with Gasteiger partial charge in [0.15, 0.2) is 5.78 Å². The van der Waals surface area contributed by atoms with Crippen molar-refractivity contribution in [1.82, 2.24) is 0 Å². The zero-order chi connectivity index (χ0) is 16.5. The Bertz CT molecular complexity index is 564. The fraction of sp³-hybridized carbons (Fsp3) is 0.579. The quantitative estimate of drug-likeness (QED) is 0.859. The van der Waals surface area contributed by atoms with E-state index in [0.717, 1.165) is 31.2 Å². The van der Waals surface area contributed by atoms with Crippen molar-refractivity contribution in [3.8, 4) is 0 Å². The first-order valence-electron chi connectivity index (χ1n) is 8.13. The molecule has 1 aliphatic rings. The molecule has 3 heteroatoms. The number of nitrogens with two attached hydrogens (primary N) is 1. The van der Waals surface area contributed by atoms with Crippen molar-refractivity contribution in [2.45, 2.75) is 58.8 Å². The molecule has 22 heavy (non-hydrogen) atoms. The van der Waals surface area contributed by atoms with E-state index >= 15 is 0 Å². The summed E-state index contributed by atoms with van der Waals surface area (Å²) in [6, 6.07) is 7.93. The number of Topliss-reactive ketones (excluding diaryl/α,β-unsaturated/α-hetero) is 1. The summed E-state index contributed by atoms with van der Waals surface area (Å²) in [6.07, 6.45) is 3.58. The van der Waals surface area contributed by atoms with Gasteiger partial charge in [-0.25, -0.2) is 0 Å². The number of rotatable bonds is 4. The highest BCUT2D eigenvalue weighted by molar-refractivity contribution is 5.94. The third-order valence-corrected chi connectivity index (χ3v) is 5.83. The average molecular weight is 301 g/mol. The van der Waals surface area contributed by atoms with Crippen molar-refractivity contribution in [1.29, 1.82) is 0 Å². The van der Waals surface area contributed by atoms with Gasteiger partial charge < -0.3 is 5.73 Å². The second kappa shape index (κ2) is 5.86. The van der Waals surface area contributed by atoms with Gasteiger partial charge in [0.05, 0.1) is 5.41 Å². The van der Waals surface area contributed by atoms with Crippen LogP contribution in [0.4, 0.5) is 0 Å². The second-order valence-electron chi connectivity index (χ2n) is 7.37. The number of ketones is 1. The summed E-state index contributed by atoms with van der Waals surface area (Å²) in [5, 5.41) is 0. The van der Waals surface area contributed by atoms with E-state index in [0.29, 0.717) is 0 Å². The number of benzene rings is 1. The lowest BCUT2D eigenvalue weighted by Crippen LogP contribution is -2.46. The van der Waals surface area contributed by atoms with Gasteiger partial charge in [-0.05, 0) is 49.5 Å². The summed E-state index contributed by atoms with van der Waals surface area (Å²) in [4.78, 5) is 23.4. The number of carbonyl (C=O) groups excluding carboxylic acids is 2. The number of hydrogen-bond donors (Lipinski definition) is 1. The third-order valence-electron chi connectivity index (χ3n) is 5.83. The Hall–Kier alpha value is -1.64. The molecule has 1 aliphatic carbocycles. The third kappa shape index (κ3) is 2.81. The number of carbonyl (C=O) groups is 2. The first kappa shape index (κ1) is 16.7. The molecule has 1 amide bonds. The molecule has 1 aromatic carbocycles. The van der Waals surface area contributed by atoms with E-state index in [2.05, 4.69) is 32.9 Å². The van der Waals surface area contributed by atoms with E-state index in [1.165, 1.54) is 5.56 Å². The van der Waals surface area contributed by atoms with Crippen LogP contribution in [0.2, 0.25) is 0 Å². The van der Waals surface area contributed by atoms with Crippen molar-refractivity contribution in [3.05, 3.63) is 35.4 Å². The fourth-order valence-electron chi connectivity index (χ4n) is 3.75. The first-order chi connectivity index (χ1) is 10.2. The van der Waals surface area contributed by atoms with Crippen molar-refractivity contribution < 1.29 is 9.59 Å². The molecule has 3 nitrogen and oxygen atoms in total. The standard InChI is InChI=1S/C19H27NO2/c1-13(2)19(17(20)22)11-9-18(4,10-12-19)16-7-5-15(6-8-16)14(3)21/h5-8,13H,9-12H2,1-4H3,(H2,20,22). The van der Waals surface area contributed by atoms with Gasteiger partial charge in [-0.3, -0.25) is 9.59 Å². The second-order valence-corrected chi connectivity index (χ2v) is 7.37. The van der Waals surface area contributed by atoms with Crippen LogP contribution in [0.25, 0.3) is 0 Å². The SMILES string of the molecule is CC(=O)c1ccc(C2(C)CCC(C(N)=O)(C(C)C)CC2)cc1. The molecule has 0 radical (unpaired) electrons. The fourth-order valence-corrected chi connectivity index (χ4v) is 3.75. The summed E-state index contributed by atoms with van der Waals surface area (Å²) < 4.78 is 0. The summed E-state index contributed by atoms with van der Waals surface area (Å²) in [5.74, 6) is 0.207. The Labute approximate surface area is 133 Å². The van der Waals surface area contributed by atoms with Crippen LogP contribution in [0.3, 0.4) is 0 Å². The van der Waals surface area contributed by atoms with Crippen LogP contribution in [-0.2, 0) is 10.2 Å². The largest absolute Gasteiger partial charge is 0.369 e. The summed E-state index contributed by atoms with van der Waals surface area (Å²) in [7, 11) is 0. The molecular formula is C19H27NO2. The molecule has 0 aliphatic heterocycles. The number of amides is 1. The highest BCUT2D eigenvalue weighted by Gasteiger charge is 2.46. The highest BCUT2D eigenvalue weighted by atomic mass is 16.1. The topological polar surface area (TPSA) is 60.2 Å². The van der Waals surface area contributed by atoms with Crippen LogP contribution in [0, 0.1) is 11.3 Å². The van der Waals surface area contributed by atoms with Gasteiger partial charge in [-0.2, -0.15) is 0 Å². The molecule has 1 aromatic rings. The Kier molecular flexibility index (Phi) is 4.46. The molecule has 0 spiro atoms. The minimum atomic E-state index is -0.362. The maximum absolute atomic E-state index is 12.0. The Morgan fingerprint density at radius 1 is 1.05 bits per heavy atom. The molecule has 0 aromatic heterocycles. The minimum absolute atomic E-state index is 0.0587. The molecule has 0 atom stereocenters. The Morgan fingerprint density at radius 2 is 1.55 bits per heavy atom. The molecule has 1 saturated carbocycles. The van der Waals surface area contributed by atoms with Crippen LogP contribution < -0.4 is 5.73 Å². The molecule has 2 rings (SSSR count). The number of hydrogen-bond acceptors (Lipinski definition) is 2. The van der Waals surface area contributed by atoms with Gasteiger partial charge in [0.25, 0.3) is 0 Å². The molecule has 0 unspecified atom stereocenters. The average Bonchev–Trinajstić information content (AvgIpc) is 2.47. The maximum atomic E-state index is 12.0. The van der Waals surface area contributed by atoms with Crippen molar-refractivity contribution in [2.24, 2.45) is 17.1 Å². The van der Waals surface area contributed by atoms with Crippen molar-refractivity contribution in [3.63, 3.8) is 0 Å². The lowest BCUT2D eigenvalue weighted by atomic mass is 9.58. The summed E-state index contributed by atoms with van der Waals surface area (Å²) in [5.41, 5.74) is 7.40. The van der Waals surface area contributed by atoms with Gasteiger partial charge in [-0.15, -0.1) is 0 Å². The number of primary amides is 1. The smallest absolute Gasteiger partial charge is 0.223 e. The van der Waals surface area contributed by atoms with Crippen molar-refractivity contribution >= 4 is 11.7 Å². The summed E-state index contributed by atoms with van der Waals surface area (Å²) in [6.45, 7) is 8.02. The van der Waals surface area contributed by atoms with Crippen LogP contribution in [0.15, 0.2) is 24.3 Å². The van der Waals surface area contributed by atoms with E-state index in [-0.39, 0.29) is 28.4 Å². The van der Waals surface area contributed by atoms with Crippen LogP contribution >= 0.6 is 0 Å². The van der Waals surface area contributed by atoms with Crippen LogP contribution in [0.1, 0.15) is 69.3 Å². The van der Waals surface area contributed by atoms with Gasteiger partial charge >= 0.3 is 0 Å². The molecule has 120 valence electrons. The molecular weight excluding hydrogens is 274 g/mol. The lowest BCUT2D eigenvalue weighted by molar-refractivity contribution is -0.133. The Morgan fingerprint density at radius 3 is 1.91 bits per heavy atom. The van der Waals surface area contributed by atoms with E-state index in [1.807, 2.05) is 12.1 Å². The van der Waals surface area contributed by atoms with Gasteiger partial charge in [0.1, 0.15) is 0 Å². The predicted molar refractivity (Wildman–Crippen MR) is 88.7 cm³/mol. The van der Waals surface area contributed by atoms with E-state index in [9.17, 15) is 9.59 Å². The maximum Gasteiger partial charge on any atom is 0.223 e. The monoisotopic (exact) mass is 301 g/mol. The predicted octanol–water partition coefficient (Wildman–Crippen LogP) is 3.85. The van der Waals surface area contributed by atoms with E-state index < -0.39 is 0 Å². The molecule has 0 saturated heterocycles. The normalized spacial score (nSPS) is 28.6. The highest BCUT2D eigenvalue weighted by Crippen LogP contribution is 2.50. The lowest BCUT2D eigenvalue weighted by Gasteiger charge is -2.45.